The molecule has 2 aliphatic heterocycles. The van der Waals surface area contributed by atoms with Crippen molar-refractivity contribution >= 4 is 17.0 Å². The van der Waals surface area contributed by atoms with E-state index in [0.29, 0.717) is 39.6 Å². The van der Waals surface area contributed by atoms with Gasteiger partial charge in [-0.3, -0.25) is 4.98 Å². The van der Waals surface area contributed by atoms with E-state index in [1.54, 1.807) is 6.20 Å². The van der Waals surface area contributed by atoms with E-state index in [9.17, 15) is 9.90 Å². The molecule has 3 aromatic carbocycles. The van der Waals surface area contributed by atoms with Gasteiger partial charge in [-0.25, -0.2) is 4.79 Å². The summed E-state index contributed by atoms with van der Waals surface area (Å²) in [5, 5.41) is 11.1. The van der Waals surface area contributed by atoms with Crippen molar-refractivity contribution in [3.05, 3.63) is 108 Å². The number of amides is 1. The lowest BCUT2D eigenvalue weighted by Crippen LogP contribution is -2.54. The maximum Gasteiger partial charge on any atom is 0.407 e. The summed E-state index contributed by atoms with van der Waals surface area (Å²) >= 11 is 0. The molecule has 0 bridgehead atoms. The summed E-state index contributed by atoms with van der Waals surface area (Å²) in [5.41, 5.74) is 4.04. The minimum Gasteiger partial charge on any atom is -0.494 e. The fourth-order valence-electron chi connectivity index (χ4n) is 6.68. The standard InChI is InChI=1S/C41H50N2O8/c44-41(45)43-27-37(48-22-6-7-24-50-39-13-4-5-23-49-39)40(38(28-43)51-30-32-14-15-33-12-8-20-42-36(33)26-32)34-16-18-35(19-17-34)47-25-9-21-46-29-31-10-2-1-3-11-31/h1-3,8,10-12,14-20,26,37-40H,4-7,9,13,21-25,27-30H2,(H,44,45). The fraction of sp³-hybridized carbons (Fsp3) is 0.463. The molecule has 0 radical (unpaired) electrons. The molecule has 0 aliphatic carbocycles. The van der Waals surface area contributed by atoms with Gasteiger partial charge in [-0.15, -0.1) is 0 Å². The molecule has 4 atom stereocenters. The zero-order valence-electron chi connectivity index (χ0n) is 29.3. The molecular formula is C41H50N2O8. The molecule has 51 heavy (non-hydrogen) atoms. The van der Waals surface area contributed by atoms with E-state index in [4.69, 9.17) is 28.4 Å². The number of ether oxygens (including phenoxy) is 6. The van der Waals surface area contributed by atoms with Crippen molar-refractivity contribution in [3.8, 4) is 5.75 Å². The van der Waals surface area contributed by atoms with Crippen LogP contribution in [0, 0.1) is 0 Å². The first-order valence-corrected chi connectivity index (χ1v) is 18.2. The van der Waals surface area contributed by atoms with Crippen LogP contribution in [-0.4, -0.2) is 85.7 Å². The molecule has 4 aromatic rings. The first-order chi connectivity index (χ1) is 25.1. The highest BCUT2D eigenvalue weighted by atomic mass is 16.7. The van der Waals surface area contributed by atoms with Gasteiger partial charge in [0.1, 0.15) is 5.75 Å². The zero-order valence-corrected chi connectivity index (χ0v) is 29.3. The molecule has 6 rings (SSSR count). The Bertz CT molecular complexity index is 1620. The van der Waals surface area contributed by atoms with Crippen LogP contribution in [0.4, 0.5) is 4.79 Å². The number of pyridine rings is 1. The molecular weight excluding hydrogens is 648 g/mol. The second kappa shape index (κ2) is 19.5. The fourth-order valence-corrected chi connectivity index (χ4v) is 6.68. The van der Waals surface area contributed by atoms with Gasteiger partial charge in [0.05, 0.1) is 57.2 Å². The number of hydrogen-bond donors (Lipinski definition) is 1. The zero-order chi connectivity index (χ0) is 35.1. The van der Waals surface area contributed by atoms with E-state index >= 15 is 0 Å². The Morgan fingerprint density at radius 2 is 1.59 bits per heavy atom. The van der Waals surface area contributed by atoms with Crippen LogP contribution in [0.1, 0.15) is 61.1 Å². The highest BCUT2D eigenvalue weighted by Gasteiger charge is 2.41. The Morgan fingerprint density at radius 1 is 0.784 bits per heavy atom. The van der Waals surface area contributed by atoms with Crippen LogP contribution in [-0.2, 0) is 36.9 Å². The van der Waals surface area contributed by atoms with Crippen molar-refractivity contribution in [3.63, 3.8) is 0 Å². The predicted octanol–water partition coefficient (Wildman–Crippen LogP) is 7.59. The first-order valence-electron chi connectivity index (χ1n) is 18.2. The summed E-state index contributed by atoms with van der Waals surface area (Å²) in [7, 11) is 0. The quantitative estimate of drug-likeness (QED) is 0.105. The van der Waals surface area contributed by atoms with Gasteiger partial charge in [-0.05, 0) is 73.1 Å². The van der Waals surface area contributed by atoms with E-state index in [1.807, 2.05) is 72.8 Å². The van der Waals surface area contributed by atoms with Crippen LogP contribution in [0.15, 0.2) is 91.1 Å². The van der Waals surface area contributed by atoms with Gasteiger partial charge < -0.3 is 38.4 Å². The largest absolute Gasteiger partial charge is 0.494 e. The third-order valence-electron chi connectivity index (χ3n) is 9.40. The lowest BCUT2D eigenvalue weighted by Gasteiger charge is -2.42. The number of nitrogens with zero attached hydrogens (tertiary/aromatic N) is 2. The monoisotopic (exact) mass is 698 g/mol. The van der Waals surface area contributed by atoms with Gasteiger partial charge in [0.15, 0.2) is 6.29 Å². The molecule has 3 heterocycles. The number of carboxylic acid groups (broad SMARTS) is 1. The first kappa shape index (κ1) is 36.7. The van der Waals surface area contributed by atoms with Gasteiger partial charge in [0, 0.05) is 43.7 Å². The average molecular weight is 699 g/mol. The second-order valence-corrected chi connectivity index (χ2v) is 13.2. The summed E-state index contributed by atoms with van der Waals surface area (Å²) in [6.07, 6.45) is 5.43. The molecule has 1 N–H and O–H groups in total. The number of piperidine rings is 1. The molecule has 4 unspecified atom stereocenters. The third kappa shape index (κ3) is 11.2. The van der Waals surface area contributed by atoms with Crippen molar-refractivity contribution < 1.29 is 38.3 Å². The maximum absolute atomic E-state index is 12.3. The van der Waals surface area contributed by atoms with Gasteiger partial charge in [-0.2, -0.15) is 0 Å². The van der Waals surface area contributed by atoms with Crippen LogP contribution in [0.5, 0.6) is 5.75 Å². The summed E-state index contributed by atoms with van der Waals surface area (Å²) in [5.74, 6) is 0.580. The minimum absolute atomic E-state index is 0.109. The molecule has 272 valence electrons. The molecule has 1 amide bonds. The lowest BCUT2D eigenvalue weighted by atomic mass is 9.84. The van der Waals surface area contributed by atoms with Crippen LogP contribution < -0.4 is 4.74 Å². The van der Waals surface area contributed by atoms with Crippen molar-refractivity contribution in [2.75, 3.05) is 46.1 Å². The van der Waals surface area contributed by atoms with Crippen molar-refractivity contribution in [1.29, 1.82) is 0 Å². The molecule has 0 saturated carbocycles. The summed E-state index contributed by atoms with van der Waals surface area (Å²) in [6, 6.07) is 28.2. The minimum atomic E-state index is -0.983. The van der Waals surface area contributed by atoms with Crippen LogP contribution in [0.2, 0.25) is 0 Å². The number of likely N-dealkylation sites (tertiary alicyclic amines) is 1. The van der Waals surface area contributed by atoms with Crippen molar-refractivity contribution in [2.45, 2.75) is 76.2 Å². The number of unbranched alkanes of at least 4 members (excludes halogenated alkanes) is 1. The van der Waals surface area contributed by atoms with E-state index in [0.717, 1.165) is 78.5 Å². The number of carbonyl (C=O) groups is 1. The number of rotatable bonds is 18. The van der Waals surface area contributed by atoms with E-state index in [2.05, 4.69) is 17.1 Å². The maximum atomic E-state index is 12.3. The summed E-state index contributed by atoms with van der Waals surface area (Å²) in [6.45, 7) is 4.41. The normalized spacial score (nSPS) is 20.7. The number of aromatic nitrogens is 1. The Labute approximate surface area is 300 Å². The molecule has 10 nitrogen and oxygen atoms in total. The molecule has 2 saturated heterocycles. The molecule has 10 heteroatoms. The van der Waals surface area contributed by atoms with Crippen LogP contribution in [0.25, 0.3) is 10.9 Å². The molecule has 2 fully saturated rings. The summed E-state index contributed by atoms with van der Waals surface area (Å²) < 4.78 is 36.5. The highest BCUT2D eigenvalue weighted by Crippen LogP contribution is 2.35. The number of fused-ring (bicyclic) bond motifs is 1. The smallest absolute Gasteiger partial charge is 0.407 e. The second-order valence-electron chi connectivity index (χ2n) is 13.2. The van der Waals surface area contributed by atoms with Gasteiger partial charge in [-0.1, -0.05) is 60.7 Å². The predicted molar refractivity (Wildman–Crippen MR) is 194 cm³/mol. The van der Waals surface area contributed by atoms with Crippen molar-refractivity contribution in [2.24, 2.45) is 0 Å². The number of benzene rings is 3. The van der Waals surface area contributed by atoms with E-state index in [-0.39, 0.29) is 25.3 Å². The molecule has 0 spiro atoms. The summed E-state index contributed by atoms with van der Waals surface area (Å²) in [4.78, 5) is 18.2. The Kier molecular flexibility index (Phi) is 14.1. The Morgan fingerprint density at radius 3 is 2.37 bits per heavy atom. The van der Waals surface area contributed by atoms with Crippen LogP contribution >= 0.6 is 0 Å². The van der Waals surface area contributed by atoms with E-state index < -0.39 is 18.3 Å². The average Bonchev–Trinajstić information content (AvgIpc) is 3.17. The lowest BCUT2D eigenvalue weighted by molar-refractivity contribution is -0.163. The number of hydrogen-bond acceptors (Lipinski definition) is 8. The van der Waals surface area contributed by atoms with Crippen LogP contribution in [0.3, 0.4) is 0 Å². The van der Waals surface area contributed by atoms with Crippen molar-refractivity contribution in [1.82, 2.24) is 9.88 Å². The molecule has 2 aliphatic rings. The van der Waals surface area contributed by atoms with Gasteiger partial charge in [0.25, 0.3) is 0 Å². The SMILES string of the molecule is O=C(O)N1CC(OCCCCOC2CCCCO2)C(c2ccc(OCCCOCc3ccccc3)cc2)C(OCc2ccc3cccnc3c2)C1. The Hall–Kier alpha value is -4.06. The Balaban J connectivity index is 1.08. The third-order valence-corrected chi connectivity index (χ3v) is 9.40. The highest BCUT2D eigenvalue weighted by molar-refractivity contribution is 5.78. The topological polar surface area (TPSA) is 109 Å². The van der Waals surface area contributed by atoms with Gasteiger partial charge >= 0.3 is 6.09 Å². The van der Waals surface area contributed by atoms with E-state index in [1.165, 1.54) is 4.90 Å². The molecule has 1 aromatic heterocycles. The van der Waals surface area contributed by atoms with Gasteiger partial charge in [0.2, 0.25) is 0 Å².